The van der Waals surface area contributed by atoms with Crippen molar-refractivity contribution in [1.29, 1.82) is 0 Å². The summed E-state index contributed by atoms with van der Waals surface area (Å²) in [6, 6.07) is 13.8. The molecule has 0 amide bonds. The SMILES string of the molecule is Cc1ccc(N2CCN(C(=S)Nc3cccc(C(F)(F)F)c3)CC2C)cc1. The second-order valence-electron chi connectivity index (χ2n) is 6.83. The van der Waals surface area contributed by atoms with Crippen molar-refractivity contribution in [2.24, 2.45) is 0 Å². The van der Waals surface area contributed by atoms with E-state index in [1.807, 2.05) is 4.90 Å². The van der Waals surface area contributed by atoms with Crippen LogP contribution in [-0.4, -0.2) is 35.7 Å². The zero-order valence-electron chi connectivity index (χ0n) is 15.3. The van der Waals surface area contributed by atoms with Crippen LogP contribution in [0, 0.1) is 6.92 Å². The molecule has 1 aliphatic rings. The van der Waals surface area contributed by atoms with E-state index in [0.29, 0.717) is 23.9 Å². The van der Waals surface area contributed by atoms with Crippen LogP contribution >= 0.6 is 12.2 Å². The summed E-state index contributed by atoms with van der Waals surface area (Å²) in [6.45, 7) is 6.40. The third-order valence-corrected chi connectivity index (χ3v) is 5.08. The van der Waals surface area contributed by atoms with Crippen molar-refractivity contribution in [3.63, 3.8) is 0 Å². The number of halogens is 3. The number of aryl methyl sites for hydroxylation is 1. The third kappa shape index (κ3) is 4.71. The highest BCUT2D eigenvalue weighted by atomic mass is 32.1. The van der Waals surface area contributed by atoms with Gasteiger partial charge < -0.3 is 15.1 Å². The van der Waals surface area contributed by atoms with Crippen LogP contribution in [0.4, 0.5) is 24.5 Å². The molecule has 0 bridgehead atoms. The van der Waals surface area contributed by atoms with Gasteiger partial charge in [0.2, 0.25) is 0 Å². The van der Waals surface area contributed by atoms with E-state index in [9.17, 15) is 13.2 Å². The molecule has 27 heavy (non-hydrogen) atoms. The van der Waals surface area contributed by atoms with Crippen LogP contribution in [0.1, 0.15) is 18.1 Å². The Balaban J connectivity index is 1.63. The maximum atomic E-state index is 12.9. The molecular formula is C20H22F3N3S. The highest BCUT2D eigenvalue weighted by Gasteiger charge is 2.31. The second kappa shape index (κ2) is 7.76. The Kier molecular flexibility index (Phi) is 5.60. The topological polar surface area (TPSA) is 18.5 Å². The molecule has 7 heteroatoms. The molecular weight excluding hydrogens is 371 g/mol. The number of anilines is 2. The Labute approximate surface area is 162 Å². The van der Waals surface area contributed by atoms with E-state index in [1.165, 1.54) is 17.3 Å². The number of rotatable bonds is 2. The highest BCUT2D eigenvalue weighted by molar-refractivity contribution is 7.80. The largest absolute Gasteiger partial charge is 0.416 e. The average Bonchev–Trinajstić information content (AvgIpc) is 2.62. The summed E-state index contributed by atoms with van der Waals surface area (Å²) in [5, 5.41) is 3.39. The quantitative estimate of drug-likeness (QED) is 0.730. The second-order valence-corrected chi connectivity index (χ2v) is 7.22. The first-order chi connectivity index (χ1) is 12.7. The van der Waals surface area contributed by atoms with Crippen LogP contribution in [0.25, 0.3) is 0 Å². The third-order valence-electron chi connectivity index (χ3n) is 4.72. The van der Waals surface area contributed by atoms with Crippen LogP contribution in [-0.2, 0) is 6.18 Å². The van der Waals surface area contributed by atoms with Crippen molar-refractivity contribution >= 4 is 28.7 Å². The lowest BCUT2D eigenvalue weighted by atomic mass is 10.1. The van der Waals surface area contributed by atoms with Crippen LogP contribution in [0.3, 0.4) is 0 Å². The first-order valence-electron chi connectivity index (χ1n) is 8.80. The average molecular weight is 393 g/mol. The molecule has 3 nitrogen and oxygen atoms in total. The van der Waals surface area contributed by atoms with Gasteiger partial charge in [-0.15, -0.1) is 0 Å². The number of benzene rings is 2. The molecule has 0 aromatic heterocycles. The number of nitrogens with one attached hydrogen (secondary N) is 1. The van der Waals surface area contributed by atoms with Gasteiger partial charge in [0.25, 0.3) is 0 Å². The van der Waals surface area contributed by atoms with Gasteiger partial charge in [-0.1, -0.05) is 23.8 Å². The van der Waals surface area contributed by atoms with Gasteiger partial charge in [-0.2, -0.15) is 13.2 Å². The van der Waals surface area contributed by atoms with Gasteiger partial charge in [0, 0.05) is 37.1 Å². The Bertz CT molecular complexity index is 805. The molecule has 0 aliphatic carbocycles. The lowest BCUT2D eigenvalue weighted by Crippen LogP contribution is -2.54. The van der Waals surface area contributed by atoms with E-state index in [1.54, 1.807) is 6.07 Å². The van der Waals surface area contributed by atoms with Gasteiger partial charge in [0.1, 0.15) is 0 Å². The molecule has 3 rings (SSSR count). The molecule has 2 aromatic rings. The molecule has 0 saturated carbocycles. The monoisotopic (exact) mass is 393 g/mol. The minimum absolute atomic E-state index is 0.239. The van der Waals surface area contributed by atoms with Crippen LogP contribution in [0.5, 0.6) is 0 Å². The van der Waals surface area contributed by atoms with Gasteiger partial charge in [-0.3, -0.25) is 0 Å². The minimum atomic E-state index is -4.37. The Hall–Kier alpha value is -2.28. The molecule has 1 heterocycles. The number of alkyl halides is 3. The van der Waals surface area contributed by atoms with Crippen molar-refractivity contribution in [1.82, 2.24) is 4.90 Å². The Morgan fingerprint density at radius 2 is 1.81 bits per heavy atom. The van der Waals surface area contributed by atoms with Gasteiger partial charge in [-0.05, 0) is 56.4 Å². The van der Waals surface area contributed by atoms with Crippen molar-refractivity contribution < 1.29 is 13.2 Å². The van der Waals surface area contributed by atoms with E-state index in [0.717, 1.165) is 18.7 Å². The standard InChI is InChI=1S/C20H22F3N3S/c1-14-6-8-18(9-7-14)26-11-10-25(13-15(26)2)19(27)24-17-5-3-4-16(12-17)20(21,22)23/h3-9,12,15H,10-11,13H2,1-2H3,(H,24,27). The molecule has 2 aromatic carbocycles. The zero-order chi connectivity index (χ0) is 19.6. The highest BCUT2D eigenvalue weighted by Crippen LogP contribution is 2.30. The lowest BCUT2D eigenvalue weighted by molar-refractivity contribution is -0.137. The van der Waals surface area contributed by atoms with Gasteiger partial charge >= 0.3 is 6.18 Å². The van der Waals surface area contributed by atoms with Crippen LogP contribution in [0.2, 0.25) is 0 Å². The molecule has 0 spiro atoms. The maximum absolute atomic E-state index is 12.9. The number of thiocarbonyl (C=S) groups is 1. The fourth-order valence-electron chi connectivity index (χ4n) is 3.24. The van der Waals surface area contributed by atoms with E-state index < -0.39 is 11.7 Å². The predicted molar refractivity (Wildman–Crippen MR) is 107 cm³/mol. The Morgan fingerprint density at radius 3 is 2.44 bits per heavy atom. The summed E-state index contributed by atoms with van der Waals surface area (Å²) in [4.78, 5) is 4.33. The Morgan fingerprint density at radius 1 is 1.11 bits per heavy atom. The van der Waals surface area contributed by atoms with E-state index in [-0.39, 0.29) is 6.04 Å². The number of hydrogen-bond donors (Lipinski definition) is 1. The summed E-state index contributed by atoms with van der Waals surface area (Å²) in [6.07, 6.45) is -4.37. The van der Waals surface area contributed by atoms with E-state index in [2.05, 4.69) is 48.3 Å². The van der Waals surface area contributed by atoms with E-state index >= 15 is 0 Å². The first kappa shape index (κ1) is 19.5. The molecule has 1 unspecified atom stereocenters. The van der Waals surface area contributed by atoms with Gasteiger partial charge in [0.15, 0.2) is 5.11 Å². The van der Waals surface area contributed by atoms with Crippen LogP contribution in [0.15, 0.2) is 48.5 Å². The summed E-state index contributed by atoms with van der Waals surface area (Å²) >= 11 is 5.43. The number of nitrogens with zero attached hydrogens (tertiary/aromatic N) is 2. The van der Waals surface area contributed by atoms with Gasteiger partial charge in [-0.25, -0.2) is 0 Å². The van der Waals surface area contributed by atoms with Crippen molar-refractivity contribution in [2.45, 2.75) is 26.1 Å². The van der Waals surface area contributed by atoms with Crippen molar-refractivity contribution in [2.75, 3.05) is 29.9 Å². The normalized spacial score (nSPS) is 17.7. The minimum Gasteiger partial charge on any atom is -0.365 e. The molecule has 144 valence electrons. The summed E-state index contributed by atoms with van der Waals surface area (Å²) < 4.78 is 38.6. The summed E-state index contributed by atoms with van der Waals surface area (Å²) in [5.41, 5.74) is 2.05. The van der Waals surface area contributed by atoms with E-state index in [4.69, 9.17) is 12.2 Å². The smallest absolute Gasteiger partial charge is 0.365 e. The van der Waals surface area contributed by atoms with Crippen molar-refractivity contribution in [3.8, 4) is 0 Å². The molecule has 1 fully saturated rings. The number of hydrogen-bond acceptors (Lipinski definition) is 2. The summed E-state index contributed by atoms with van der Waals surface area (Å²) in [5.74, 6) is 0. The molecule has 1 saturated heterocycles. The maximum Gasteiger partial charge on any atom is 0.416 e. The zero-order valence-corrected chi connectivity index (χ0v) is 16.1. The molecule has 1 atom stereocenters. The first-order valence-corrected chi connectivity index (χ1v) is 9.21. The lowest BCUT2D eigenvalue weighted by Gasteiger charge is -2.42. The van der Waals surface area contributed by atoms with Crippen molar-refractivity contribution in [3.05, 3.63) is 59.7 Å². The fourth-order valence-corrected chi connectivity index (χ4v) is 3.52. The fraction of sp³-hybridized carbons (Fsp3) is 0.350. The number of piperazine rings is 1. The molecule has 1 N–H and O–H groups in total. The molecule has 1 aliphatic heterocycles. The predicted octanol–water partition coefficient (Wildman–Crippen LogP) is 4.92. The summed E-state index contributed by atoms with van der Waals surface area (Å²) in [7, 11) is 0. The van der Waals surface area contributed by atoms with Crippen LogP contribution < -0.4 is 10.2 Å². The molecule has 0 radical (unpaired) electrons. The van der Waals surface area contributed by atoms with Gasteiger partial charge in [0.05, 0.1) is 5.56 Å².